The number of carbonyl (C=O) groups is 1. The molecule has 156 valence electrons. The normalized spacial score (nSPS) is 15.1. The van der Waals surface area contributed by atoms with Crippen LogP contribution in [-0.4, -0.2) is 51.5 Å². The Kier molecular flexibility index (Phi) is 6.83. The lowest BCUT2D eigenvalue weighted by Crippen LogP contribution is -2.40. The minimum atomic E-state index is -3.82. The van der Waals surface area contributed by atoms with Gasteiger partial charge in [-0.1, -0.05) is 18.2 Å². The van der Waals surface area contributed by atoms with Crippen molar-refractivity contribution in [1.82, 2.24) is 4.31 Å². The first-order chi connectivity index (χ1) is 13.9. The molecule has 0 radical (unpaired) electrons. The first kappa shape index (κ1) is 21.2. The number of hydrogen-bond donors (Lipinski definition) is 1. The fourth-order valence-electron chi connectivity index (χ4n) is 3.01. The Labute approximate surface area is 169 Å². The molecule has 0 atom stereocenters. The fourth-order valence-corrected chi connectivity index (χ4v) is 4.57. The highest BCUT2D eigenvalue weighted by molar-refractivity contribution is 7.89. The maximum atomic E-state index is 13.8. The predicted octanol–water partition coefficient (Wildman–Crippen LogP) is 2.43. The Morgan fingerprint density at radius 2 is 1.93 bits per heavy atom. The van der Waals surface area contributed by atoms with Gasteiger partial charge in [-0.05, 0) is 36.8 Å². The number of morpholine rings is 1. The number of nitrogens with zero attached hydrogens (tertiary/aromatic N) is 1. The number of halogens is 1. The van der Waals surface area contributed by atoms with Crippen LogP contribution in [0.5, 0.6) is 5.75 Å². The standard InChI is InChI=1S/C20H23FN2O5S/c1-2-28-18-8-7-16(22-20(24)13-15-5-3-4-6-17(15)21)14-19(18)29(25,26)23-9-11-27-12-10-23/h3-8,14H,2,9-13H2,1H3,(H,22,24). The fraction of sp³-hybridized carbons (Fsp3) is 0.350. The second kappa shape index (κ2) is 9.34. The van der Waals surface area contributed by atoms with Gasteiger partial charge in [-0.2, -0.15) is 4.31 Å². The molecule has 0 aromatic heterocycles. The lowest BCUT2D eigenvalue weighted by Gasteiger charge is -2.27. The molecule has 1 N–H and O–H groups in total. The summed E-state index contributed by atoms with van der Waals surface area (Å²) in [7, 11) is -3.82. The molecule has 29 heavy (non-hydrogen) atoms. The van der Waals surface area contributed by atoms with Crippen molar-refractivity contribution in [2.75, 3.05) is 38.2 Å². The molecule has 1 saturated heterocycles. The minimum absolute atomic E-state index is 0.0232. The second-order valence-corrected chi connectivity index (χ2v) is 8.33. The highest BCUT2D eigenvalue weighted by Gasteiger charge is 2.29. The third kappa shape index (κ3) is 5.11. The van der Waals surface area contributed by atoms with Gasteiger partial charge in [-0.25, -0.2) is 12.8 Å². The zero-order valence-electron chi connectivity index (χ0n) is 16.1. The number of rotatable bonds is 7. The third-order valence-electron chi connectivity index (χ3n) is 4.42. The number of ether oxygens (including phenoxy) is 2. The van der Waals surface area contributed by atoms with Gasteiger partial charge in [0.25, 0.3) is 0 Å². The van der Waals surface area contributed by atoms with Crippen LogP contribution in [0.15, 0.2) is 47.4 Å². The van der Waals surface area contributed by atoms with Crippen LogP contribution in [0.1, 0.15) is 12.5 Å². The summed E-state index contributed by atoms with van der Waals surface area (Å²) >= 11 is 0. The van der Waals surface area contributed by atoms with Gasteiger partial charge in [0, 0.05) is 18.8 Å². The first-order valence-electron chi connectivity index (χ1n) is 9.30. The van der Waals surface area contributed by atoms with E-state index in [-0.39, 0.29) is 35.7 Å². The number of sulfonamides is 1. The van der Waals surface area contributed by atoms with Gasteiger partial charge in [0.15, 0.2) is 0 Å². The van der Waals surface area contributed by atoms with Crippen molar-refractivity contribution in [3.05, 3.63) is 53.8 Å². The topological polar surface area (TPSA) is 84.9 Å². The summed E-state index contributed by atoms with van der Waals surface area (Å²) in [5, 5.41) is 2.63. The summed E-state index contributed by atoms with van der Waals surface area (Å²) in [6.45, 7) is 3.19. The average Bonchev–Trinajstić information content (AvgIpc) is 2.71. The molecule has 7 nitrogen and oxygen atoms in total. The van der Waals surface area contributed by atoms with Crippen LogP contribution in [-0.2, 0) is 26.0 Å². The second-order valence-electron chi connectivity index (χ2n) is 6.43. The highest BCUT2D eigenvalue weighted by Crippen LogP contribution is 2.30. The SMILES string of the molecule is CCOc1ccc(NC(=O)Cc2ccccc2F)cc1S(=O)(=O)N1CCOCC1. The summed E-state index contributed by atoms with van der Waals surface area (Å²) in [6.07, 6.45) is -0.161. The summed E-state index contributed by atoms with van der Waals surface area (Å²) in [4.78, 5) is 12.3. The smallest absolute Gasteiger partial charge is 0.246 e. The van der Waals surface area contributed by atoms with E-state index in [0.29, 0.717) is 25.5 Å². The van der Waals surface area contributed by atoms with Gasteiger partial charge < -0.3 is 14.8 Å². The molecule has 0 unspecified atom stereocenters. The number of amides is 1. The van der Waals surface area contributed by atoms with Gasteiger partial charge in [0.05, 0.1) is 26.2 Å². The molecule has 1 amide bonds. The van der Waals surface area contributed by atoms with Gasteiger partial charge in [0.1, 0.15) is 16.5 Å². The molecular weight excluding hydrogens is 399 g/mol. The Balaban J connectivity index is 1.84. The van der Waals surface area contributed by atoms with E-state index >= 15 is 0 Å². The quantitative estimate of drug-likeness (QED) is 0.741. The van der Waals surface area contributed by atoms with Crippen molar-refractivity contribution in [2.45, 2.75) is 18.2 Å². The molecule has 2 aromatic carbocycles. The summed E-state index contributed by atoms with van der Waals surface area (Å²) in [5.41, 5.74) is 0.554. The maximum Gasteiger partial charge on any atom is 0.246 e. The molecule has 9 heteroatoms. The van der Waals surface area contributed by atoms with Crippen molar-refractivity contribution in [2.24, 2.45) is 0 Å². The molecule has 0 spiro atoms. The lowest BCUT2D eigenvalue weighted by molar-refractivity contribution is -0.115. The molecule has 1 fully saturated rings. The maximum absolute atomic E-state index is 13.8. The lowest BCUT2D eigenvalue weighted by atomic mass is 10.1. The van der Waals surface area contributed by atoms with Crippen LogP contribution >= 0.6 is 0 Å². The van der Waals surface area contributed by atoms with Crippen molar-refractivity contribution >= 4 is 21.6 Å². The minimum Gasteiger partial charge on any atom is -0.492 e. The highest BCUT2D eigenvalue weighted by atomic mass is 32.2. The van der Waals surface area contributed by atoms with Gasteiger partial charge in [0.2, 0.25) is 15.9 Å². The zero-order chi connectivity index (χ0) is 20.9. The van der Waals surface area contributed by atoms with Crippen molar-refractivity contribution in [3.63, 3.8) is 0 Å². The van der Waals surface area contributed by atoms with Crippen LogP contribution in [0.2, 0.25) is 0 Å². The van der Waals surface area contributed by atoms with Crippen LogP contribution in [0.4, 0.5) is 10.1 Å². The number of nitrogens with one attached hydrogen (secondary N) is 1. The molecule has 2 aromatic rings. The summed E-state index contributed by atoms with van der Waals surface area (Å²) in [6, 6.07) is 10.4. The zero-order valence-corrected chi connectivity index (χ0v) is 16.9. The molecule has 1 aliphatic heterocycles. The largest absolute Gasteiger partial charge is 0.492 e. The third-order valence-corrected chi connectivity index (χ3v) is 6.34. The monoisotopic (exact) mass is 422 g/mol. The molecule has 1 heterocycles. The first-order valence-corrected chi connectivity index (χ1v) is 10.7. The Hall–Kier alpha value is -2.49. The number of carbonyl (C=O) groups excluding carboxylic acids is 1. The van der Waals surface area contributed by atoms with E-state index in [1.54, 1.807) is 25.1 Å². The Morgan fingerprint density at radius 3 is 2.62 bits per heavy atom. The van der Waals surface area contributed by atoms with Gasteiger partial charge in [-0.15, -0.1) is 0 Å². The molecule has 1 aliphatic rings. The van der Waals surface area contributed by atoms with E-state index in [1.807, 2.05) is 0 Å². The van der Waals surface area contributed by atoms with Crippen molar-refractivity contribution in [3.8, 4) is 5.75 Å². The average molecular weight is 422 g/mol. The molecular formula is C20H23FN2O5S. The van der Waals surface area contributed by atoms with Crippen molar-refractivity contribution < 1.29 is 27.1 Å². The molecule has 0 bridgehead atoms. The molecule has 0 saturated carbocycles. The van der Waals surface area contributed by atoms with E-state index in [2.05, 4.69) is 5.32 Å². The van der Waals surface area contributed by atoms with Crippen LogP contribution in [0.25, 0.3) is 0 Å². The summed E-state index contributed by atoms with van der Waals surface area (Å²) < 4.78 is 52.0. The van der Waals surface area contributed by atoms with Crippen LogP contribution in [0.3, 0.4) is 0 Å². The number of benzene rings is 2. The summed E-state index contributed by atoms with van der Waals surface area (Å²) in [5.74, 6) is -0.704. The number of hydrogen-bond acceptors (Lipinski definition) is 5. The van der Waals surface area contributed by atoms with E-state index in [4.69, 9.17) is 9.47 Å². The molecule has 0 aliphatic carbocycles. The van der Waals surface area contributed by atoms with Crippen LogP contribution in [0, 0.1) is 5.82 Å². The Bertz CT molecular complexity index is 975. The van der Waals surface area contributed by atoms with Crippen LogP contribution < -0.4 is 10.1 Å². The van der Waals surface area contributed by atoms with E-state index in [9.17, 15) is 17.6 Å². The number of anilines is 1. The van der Waals surface area contributed by atoms with Gasteiger partial charge in [-0.3, -0.25) is 4.79 Å². The molecule has 3 rings (SSSR count). The van der Waals surface area contributed by atoms with E-state index in [0.717, 1.165) is 0 Å². The van der Waals surface area contributed by atoms with E-state index < -0.39 is 21.7 Å². The Morgan fingerprint density at radius 1 is 1.21 bits per heavy atom. The predicted molar refractivity (Wildman–Crippen MR) is 106 cm³/mol. The van der Waals surface area contributed by atoms with Gasteiger partial charge >= 0.3 is 0 Å². The van der Waals surface area contributed by atoms with Crippen molar-refractivity contribution in [1.29, 1.82) is 0 Å². The van der Waals surface area contributed by atoms with E-state index in [1.165, 1.54) is 28.6 Å².